The molecule has 0 aliphatic heterocycles. The first-order chi connectivity index (χ1) is 19.0. The van der Waals surface area contributed by atoms with Crippen molar-refractivity contribution in [2.45, 2.75) is 52.2 Å². The van der Waals surface area contributed by atoms with Crippen LogP contribution in [0.2, 0.25) is 0 Å². The lowest BCUT2D eigenvalue weighted by Gasteiger charge is -2.34. The molecule has 9 heteroatoms. The molecule has 40 heavy (non-hydrogen) atoms. The molecule has 214 valence electrons. The fourth-order valence-electron chi connectivity index (χ4n) is 4.41. The Morgan fingerprint density at radius 1 is 0.900 bits per heavy atom. The van der Waals surface area contributed by atoms with Crippen LogP contribution >= 0.6 is 0 Å². The van der Waals surface area contributed by atoms with Gasteiger partial charge >= 0.3 is 0 Å². The van der Waals surface area contributed by atoms with Crippen molar-refractivity contribution in [3.63, 3.8) is 0 Å². The van der Waals surface area contributed by atoms with Gasteiger partial charge in [0.05, 0.1) is 19.1 Å². The van der Waals surface area contributed by atoms with E-state index in [2.05, 4.69) is 5.32 Å². The van der Waals surface area contributed by atoms with Crippen LogP contribution in [-0.4, -0.2) is 57.1 Å². The van der Waals surface area contributed by atoms with E-state index in [-0.39, 0.29) is 24.9 Å². The lowest BCUT2D eigenvalue weighted by Crippen LogP contribution is -2.54. The first kappa shape index (κ1) is 30.7. The molecule has 0 saturated carbocycles. The van der Waals surface area contributed by atoms with Crippen LogP contribution in [-0.2, 0) is 39.0 Å². The lowest BCUT2D eigenvalue weighted by atomic mass is 10.0. The van der Waals surface area contributed by atoms with Gasteiger partial charge in [0.15, 0.2) is 0 Å². The third-order valence-corrected chi connectivity index (χ3v) is 7.64. The van der Waals surface area contributed by atoms with Gasteiger partial charge in [-0.15, -0.1) is 0 Å². The predicted molar refractivity (Wildman–Crippen MR) is 159 cm³/mol. The molecular weight excluding hydrogens is 526 g/mol. The number of sulfonamides is 1. The van der Waals surface area contributed by atoms with E-state index in [0.29, 0.717) is 11.4 Å². The molecule has 3 aromatic rings. The van der Waals surface area contributed by atoms with Gasteiger partial charge in [-0.25, -0.2) is 8.42 Å². The number of rotatable bonds is 13. The average Bonchev–Trinajstić information content (AvgIpc) is 2.93. The maximum absolute atomic E-state index is 14.1. The molecule has 1 N–H and O–H groups in total. The molecule has 3 rings (SSSR count). The van der Waals surface area contributed by atoms with Crippen LogP contribution in [0, 0.1) is 0 Å². The second-order valence-electron chi connectivity index (χ2n) is 10.0. The second-order valence-corrected chi connectivity index (χ2v) is 11.9. The normalized spacial score (nSPS) is 12.1. The Hall–Kier alpha value is -3.85. The zero-order valence-electron chi connectivity index (χ0n) is 23.8. The Kier molecular flexibility index (Phi) is 10.7. The first-order valence-electron chi connectivity index (χ1n) is 13.3. The number of carbonyl (C=O) groups is 2. The number of carbonyl (C=O) groups excluding carboxylic acids is 2. The minimum Gasteiger partial charge on any atom is -0.497 e. The van der Waals surface area contributed by atoms with E-state index in [0.717, 1.165) is 33.7 Å². The van der Waals surface area contributed by atoms with Gasteiger partial charge in [0.1, 0.15) is 18.3 Å². The Labute approximate surface area is 238 Å². The number of nitrogens with one attached hydrogen (secondary N) is 1. The van der Waals surface area contributed by atoms with Crippen molar-refractivity contribution in [2.75, 3.05) is 24.2 Å². The molecule has 1 atom stereocenters. The monoisotopic (exact) mass is 565 g/mol. The van der Waals surface area contributed by atoms with Crippen LogP contribution in [0.15, 0.2) is 78.9 Å². The number of benzene rings is 3. The van der Waals surface area contributed by atoms with Gasteiger partial charge in [-0.2, -0.15) is 0 Å². The van der Waals surface area contributed by atoms with Crippen LogP contribution < -0.4 is 14.4 Å². The molecule has 8 nitrogen and oxygen atoms in total. The summed E-state index contributed by atoms with van der Waals surface area (Å²) < 4.78 is 32.2. The number of methoxy groups -OCH3 is 1. The van der Waals surface area contributed by atoms with E-state index in [1.807, 2.05) is 75.4 Å². The first-order valence-corrected chi connectivity index (χ1v) is 15.2. The van der Waals surface area contributed by atoms with Crippen molar-refractivity contribution in [1.82, 2.24) is 10.2 Å². The standard InChI is InChI=1S/C31H39N3O5S/c1-6-24-15-17-27(18-16-24)34(40(5,37)38)22-30(35)33(21-26-13-10-14-28(19-26)39-4)29(31(36)32-23(2)3)20-25-11-8-7-9-12-25/h7-19,23,29H,6,20-22H2,1-5H3,(H,32,36). The molecule has 0 saturated heterocycles. The summed E-state index contributed by atoms with van der Waals surface area (Å²) in [7, 11) is -2.25. The van der Waals surface area contributed by atoms with Gasteiger partial charge in [-0.05, 0) is 61.2 Å². The molecule has 0 spiro atoms. The van der Waals surface area contributed by atoms with E-state index in [9.17, 15) is 18.0 Å². The zero-order chi connectivity index (χ0) is 29.3. The summed E-state index contributed by atoms with van der Waals surface area (Å²) in [5.74, 6) is -0.189. The number of anilines is 1. The molecule has 1 unspecified atom stereocenters. The minimum atomic E-state index is -3.81. The minimum absolute atomic E-state index is 0.0887. The smallest absolute Gasteiger partial charge is 0.244 e. The highest BCUT2D eigenvalue weighted by Crippen LogP contribution is 2.22. The Bertz CT molecular complexity index is 1380. The van der Waals surface area contributed by atoms with Crippen LogP contribution in [0.1, 0.15) is 37.5 Å². The predicted octanol–water partition coefficient (Wildman–Crippen LogP) is 4.19. The molecule has 3 aromatic carbocycles. The molecule has 0 bridgehead atoms. The molecule has 0 aliphatic rings. The van der Waals surface area contributed by atoms with Crippen molar-refractivity contribution >= 4 is 27.5 Å². The Balaban J connectivity index is 2.05. The molecule has 0 aliphatic carbocycles. The highest BCUT2D eigenvalue weighted by Gasteiger charge is 2.33. The van der Waals surface area contributed by atoms with Crippen LogP contribution in [0.3, 0.4) is 0 Å². The summed E-state index contributed by atoms with van der Waals surface area (Å²) >= 11 is 0. The molecular formula is C31H39N3O5S. The van der Waals surface area contributed by atoms with E-state index >= 15 is 0 Å². The highest BCUT2D eigenvalue weighted by molar-refractivity contribution is 7.92. The van der Waals surface area contributed by atoms with Crippen LogP contribution in [0.4, 0.5) is 5.69 Å². The summed E-state index contributed by atoms with van der Waals surface area (Å²) in [6.07, 6.45) is 2.14. The number of hydrogen-bond donors (Lipinski definition) is 1. The summed E-state index contributed by atoms with van der Waals surface area (Å²) in [6, 6.07) is 22.8. The van der Waals surface area contributed by atoms with Crippen molar-refractivity contribution in [3.8, 4) is 5.75 Å². The number of nitrogens with zero attached hydrogens (tertiary/aromatic N) is 2. The zero-order valence-corrected chi connectivity index (χ0v) is 24.6. The van der Waals surface area contributed by atoms with Crippen molar-refractivity contribution < 1.29 is 22.7 Å². The molecule has 0 fully saturated rings. The summed E-state index contributed by atoms with van der Waals surface area (Å²) in [6.45, 7) is 5.37. The maximum atomic E-state index is 14.1. The van der Waals surface area contributed by atoms with E-state index in [1.54, 1.807) is 31.4 Å². The maximum Gasteiger partial charge on any atom is 0.244 e. The topological polar surface area (TPSA) is 96.0 Å². The third-order valence-electron chi connectivity index (χ3n) is 6.50. The van der Waals surface area contributed by atoms with Crippen molar-refractivity contribution in [2.24, 2.45) is 0 Å². The quantitative estimate of drug-likeness (QED) is 0.335. The molecule has 0 radical (unpaired) electrons. The Morgan fingerprint density at radius 2 is 1.55 bits per heavy atom. The van der Waals surface area contributed by atoms with Crippen molar-refractivity contribution in [3.05, 3.63) is 95.6 Å². The number of hydrogen-bond acceptors (Lipinski definition) is 5. The van der Waals surface area contributed by atoms with Gasteiger partial charge in [0.2, 0.25) is 21.8 Å². The van der Waals surface area contributed by atoms with Gasteiger partial charge < -0.3 is 15.0 Å². The van der Waals surface area contributed by atoms with E-state index < -0.39 is 28.5 Å². The van der Waals surface area contributed by atoms with E-state index in [1.165, 1.54) is 4.90 Å². The number of ether oxygens (including phenoxy) is 1. The third kappa shape index (κ3) is 8.58. The summed E-state index contributed by atoms with van der Waals surface area (Å²) in [4.78, 5) is 29.1. The van der Waals surface area contributed by atoms with Crippen molar-refractivity contribution in [1.29, 1.82) is 0 Å². The van der Waals surface area contributed by atoms with E-state index in [4.69, 9.17) is 4.74 Å². The van der Waals surface area contributed by atoms with Gasteiger partial charge in [-0.3, -0.25) is 13.9 Å². The number of amides is 2. The van der Waals surface area contributed by atoms with Gasteiger partial charge in [0.25, 0.3) is 0 Å². The summed E-state index contributed by atoms with van der Waals surface area (Å²) in [5.41, 5.74) is 3.07. The molecule has 0 aromatic heterocycles. The highest BCUT2D eigenvalue weighted by atomic mass is 32.2. The average molecular weight is 566 g/mol. The Morgan fingerprint density at radius 3 is 2.12 bits per heavy atom. The molecule has 0 heterocycles. The van der Waals surface area contributed by atoms with Crippen LogP contribution in [0.5, 0.6) is 5.75 Å². The van der Waals surface area contributed by atoms with Gasteiger partial charge in [-0.1, -0.05) is 61.5 Å². The second kappa shape index (κ2) is 14.0. The van der Waals surface area contributed by atoms with Gasteiger partial charge in [0, 0.05) is 19.0 Å². The fourth-order valence-corrected chi connectivity index (χ4v) is 5.26. The summed E-state index contributed by atoms with van der Waals surface area (Å²) in [5, 5.41) is 2.95. The fraction of sp³-hybridized carbons (Fsp3) is 0.355. The van der Waals surface area contributed by atoms with Crippen LogP contribution in [0.25, 0.3) is 0 Å². The molecule has 2 amide bonds. The SMILES string of the molecule is CCc1ccc(N(CC(=O)N(Cc2cccc(OC)c2)C(Cc2ccccc2)C(=O)NC(C)C)S(C)(=O)=O)cc1. The lowest BCUT2D eigenvalue weighted by molar-refractivity contribution is -0.140. The largest absolute Gasteiger partial charge is 0.497 e. The number of aryl methyl sites for hydroxylation is 1.